The van der Waals surface area contributed by atoms with Crippen LogP contribution in [-0.4, -0.2) is 35.1 Å². The first-order valence-electron chi connectivity index (χ1n) is 6.51. The second-order valence-corrected chi connectivity index (χ2v) is 5.55. The molecule has 1 amide bonds. The summed E-state index contributed by atoms with van der Waals surface area (Å²) in [6.45, 7) is 0.741. The zero-order chi connectivity index (χ0) is 13.8. The van der Waals surface area contributed by atoms with Gasteiger partial charge in [0.15, 0.2) is 0 Å². The number of hydrogen-bond donors (Lipinski definition) is 1. The molecule has 1 fully saturated rings. The maximum absolute atomic E-state index is 13.5. The summed E-state index contributed by atoms with van der Waals surface area (Å²) in [4.78, 5) is 14.3. The molecule has 1 atom stereocenters. The van der Waals surface area contributed by atoms with Crippen LogP contribution < -0.4 is 0 Å². The summed E-state index contributed by atoms with van der Waals surface area (Å²) < 4.78 is 13.7. The monoisotopic (exact) mass is 329 g/mol. The normalized spacial score (nSPS) is 19.5. The Hall–Kier alpha value is -0.940. The number of nitrogens with zero attached hydrogens (tertiary/aromatic N) is 1. The molecule has 2 rings (SSSR count). The van der Waals surface area contributed by atoms with Gasteiger partial charge in [-0.3, -0.25) is 4.79 Å². The van der Waals surface area contributed by atoms with E-state index in [-0.39, 0.29) is 23.0 Å². The fraction of sp³-hybridized carbons (Fsp3) is 0.500. The lowest BCUT2D eigenvalue weighted by atomic mass is 9.98. The molecule has 1 aliphatic rings. The third-order valence-corrected chi connectivity index (χ3v) is 4.34. The van der Waals surface area contributed by atoms with Gasteiger partial charge < -0.3 is 10.0 Å². The highest BCUT2D eigenvalue weighted by Crippen LogP contribution is 2.26. The molecule has 1 aromatic carbocycles. The van der Waals surface area contributed by atoms with E-state index >= 15 is 0 Å². The number of likely N-dealkylation sites (tertiary alicyclic amines) is 1. The maximum Gasteiger partial charge on any atom is 0.255 e. The predicted molar refractivity (Wildman–Crippen MR) is 74.5 cm³/mol. The number of carbonyl (C=O) groups is 1. The van der Waals surface area contributed by atoms with Crippen LogP contribution in [0, 0.1) is 5.82 Å². The summed E-state index contributed by atoms with van der Waals surface area (Å²) in [6, 6.07) is 4.54. The Kier molecular flexibility index (Phi) is 4.93. The molecule has 1 saturated heterocycles. The Morgan fingerprint density at radius 2 is 2.26 bits per heavy atom. The first kappa shape index (κ1) is 14.5. The van der Waals surface area contributed by atoms with Crippen molar-refractivity contribution in [3.05, 3.63) is 34.1 Å². The molecule has 0 aromatic heterocycles. The van der Waals surface area contributed by atoms with Crippen molar-refractivity contribution in [3.8, 4) is 0 Å². The van der Waals surface area contributed by atoms with Crippen LogP contribution in [0.5, 0.6) is 0 Å². The topological polar surface area (TPSA) is 40.5 Å². The van der Waals surface area contributed by atoms with Gasteiger partial charge in [0, 0.05) is 19.2 Å². The van der Waals surface area contributed by atoms with Gasteiger partial charge in [0.25, 0.3) is 5.91 Å². The van der Waals surface area contributed by atoms with Crippen LogP contribution in [0.3, 0.4) is 0 Å². The standard InChI is InChI=1S/C14H17BrFNO2/c15-13-11(5-3-6-12(13)16)14(19)17-8-2-1-4-10(17)7-9-18/h3,5-6,10,18H,1-2,4,7-9H2. The molecule has 1 aliphatic heterocycles. The molecule has 0 bridgehead atoms. The SMILES string of the molecule is O=C(c1cccc(F)c1Br)N1CCCCC1CCO. The highest BCUT2D eigenvalue weighted by molar-refractivity contribution is 9.10. The summed E-state index contributed by atoms with van der Waals surface area (Å²) in [5, 5.41) is 9.08. The molecule has 19 heavy (non-hydrogen) atoms. The van der Waals surface area contributed by atoms with Crippen LogP contribution in [0.4, 0.5) is 4.39 Å². The number of hydrogen-bond acceptors (Lipinski definition) is 2. The van der Waals surface area contributed by atoms with Crippen molar-refractivity contribution in [2.75, 3.05) is 13.2 Å². The fourth-order valence-electron chi connectivity index (χ4n) is 2.54. The van der Waals surface area contributed by atoms with Crippen molar-refractivity contribution < 1.29 is 14.3 Å². The Labute approximate surface area is 120 Å². The number of aliphatic hydroxyl groups is 1. The number of aliphatic hydroxyl groups excluding tert-OH is 1. The molecule has 1 unspecified atom stereocenters. The lowest BCUT2D eigenvalue weighted by Crippen LogP contribution is -2.44. The molecule has 1 N–H and O–H groups in total. The molecular weight excluding hydrogens is 313 g/mol. The minimum absolute atomic E-state index is 0.0569. The van der Waals surface area contributed by atoms with Crippen LogP contribution >= 0.6 is 15.9 Å². The smallest absolute Gasteiger partial charge is 0.255 e. The molecule has 1 aromatic rings. The quantitative estimate of drug-likeness (QED) is 0.926. The largest absolute Gasteiger partial charge is 0.396 e. The molecular formula is C14H17BrFNO2. The third kappa shape index (κ3) is 3.15. The summed E-state index contributed by atoms with van der Waals surface area (Å²) in [6.07, 6.45) is 3.51. The number of rotatable bonds is 3. The molecule has 0 radical (unpaired) electrons. The number of amides is 1. The Morgan fingerprint density at radius 1 is 1.47 bits per heavy atom. The number of halogens is 2. The first-order valence-corrected chi connectivity index (χ1v) is 7.30. The van der Waals surface area contributed by atoms with E-state index in [0.29, 0.717) is 18.5 Å². The summed E-state index contributed by atoms with van der Waals surface area (Å²) >= 11 is 3.13. The van der Waals surface area contributed by atoms with Crippen LogP contribution in [0.15, 0.2) is 22.7 Å². The summed E-state index contributed by atoms with van der Waals surface area (Å²) in [5.41, 5.74) is 0.352. The van der Waals surface area contributed by atoms with E-state index < -0.39 is 5.82 Å². The molecule has 0 spiro atoms. The predicted octanol–water partition coefficient (Wildman–Crippen LogP) is 2.97. The van der Waals surface area contributed by atoms with Crippen molar-refractivity contribution in [2.24, 2.45) is 0 Å². The van der Waals surface area contributed by atoms with E-state index in [2.05, 4.69) is 15.9 Å². The molecule has 0 saturated carbocycles. The van der Waals surface area contributed by atoms with E-state index in [9.17, 15) is 9.18 Å². The van der Waals surface area contributed by atoms with E-state index in [0.717, 1.165) is 19.3 Å². The van der Waals surface area contributed by atoms with Crippen molar-refractivity contribution >= 4 is 21.8 Å². The molecule has 104 valence electrons. The number of carbonyl (C=O) groups excluding carboxylic acids is 1. The van der Waals surface area contributed by atoms with Gasteiger partial charge in [0.05, 0.1) is 10.0 Å². The van der Waals surface area contributed by atoms with Crippen molar-refractivity contribution in [2.45, 2.75) is 31.7 Å². The van der Waals surface area contributed by atoms with Crippen molar-refractivity contribution in [3.63, 3.8) is 0 Å². The van der Waals surface area contributed by atoms with Crippen LogP contribution in [0.1, 0.15) is 36.0 Å². The lowest BCUT2D eigenvalue weighted by molar-refractivity contribution is 0.0573. The average molecular weight is 330 g/mol. The van der Waals surface area contributed by atoms with Gasteiger partial charge in [-0.2, -0.15) is 0 Å². The van der Waals surface area contributed by atoms with Gasteiger partial charge in [0.1, 0.15) is 5.82 Å². The second kappa shape index (κ2) is 6.48. The minimum atomic E-state index is -0.429. The number of piperidine rings is 1. The Morgan fingerprint density at radius 3 is 3.00 bits per heavy atom. The first-order chi connectivity index (χ1) is 9.15. The van der Waals surface area contributed by atoms with Gasteiger partial charge in [-0.05, 0) is 53.7 Å². The van der Waals surface area contributed by atoms with Crippen LogP contribution in [-0.2, 0) is 0 Å². The van der Waals surface area contributed by atoms with Gasteiger partial charge in [-0.1, -0.05) is 6.07 Å². The van der Waals surface area contributed by atoms with E-state index in [1.54, 1.807) is 17.0 Å². The van der Waals surface area contributed by atoms with Crippen molar-refractivity contribution in [1.29, 1.82) is 0 Å². The molecule has 1 heterocycles. The third-order valence-electron chi connectivity index (χ3n) is 3.53. The fourth-order valence-corrected chi connectivity index (χ4v) is 2.97. The Bertz CT molecular complexity index is 465. The lowest BCUT2D eigenvalue weighted by Gasteiger charge is -2.35. The zero-order valence-electron chi connectivity index (χ0n) is 10.6. The molecule has 0 aliphatic carbocycles. The van der Waals surface area contributed by atoms with Crippen LogP contribution in [0.25, 0.3) is 0 Å². The van der Waals surface area contributed by atoms with E-state index in [4.69, 9.17) is 5.11 Å². The second-order valence-electron chi connectivity index (χ2n) is 4.76. The average Bonchev–Trinajstić information content (AvgIpc) is 2.42. The van der Waals surface area contributed by atoms with E-state index in [1.807, 2.05) is 0 Å². The van der Waals surface area contributed by atoms with Gasteiger partial charge in [-0.25, -0.2) is 4.39 Å². The van der Waals surface area contributed by atoms with Gasteiger partial charge in [0.2, 0.25) is 0 Å². The summed E-state index contributed by atoms with van der Waals surface area (Å²) in [7, 11) is 0. The van der Waals surface area contributed by atoms with Gasteiger partial charge >= 0.3 is 0 Å². The highest BCUT2D eigenvalue weighted by Gasteiger charge is 2.28. The minimum Gasteiger partial charge on any atom is -0.396 e. The van der Waals surface area contributed by atoms with E-state index in [1.165, 1.54) is 6.07 Å². The Balaban J connectivity index is 2.23. The highest BCUT2D eigenvalue weighted by atomic mass is 79.9. The summed E-state index contributed by atoms with van der Waals surface area (Å²) in [5.74, 6) is -0.592. The zero-order valence-corrected chi connectivity index (χ0v) is 12.2. The molecule has 5 heteroatoms. The molecule has 3 nitrogen and oxygen atoms in total. The van der Waals surface area contributed by atoms with Crippen molar-refractivity contribution in [1.82, 2.24) is 4.90 Å². The van der Waals surface area contributed by atoms with Crippen LogP contribution in [0.2, 0.25) is 0 Å². The maximum atomic E-state index is 13.5. The van der Waals surface area contributed by atoms with Gasteiger partial charge in [-0.15, -0.1) is 0 Å². The number of benzene rings is 1.